The van der Waals surface area contributed by atoms with Gasteiger partial charge in [0.05, 0.1) is 0 Å². The second kappa shape index (κ2) is 7.78. The highest BCUT2D eigenvalue weighted by atomic mass is 79.9. The zero-order valence-electron chi connectivity index (χ0n) is 10.8. The summed E-state index contributed by atoms with van der Waals surface area (Å²) >= 11 is 3.61. The lowest BCUT2D eigenvalue weighted by molar-refractivity contribution is -0.274. The van der Waals surface area contributed by atoms with Crippen molar-refractivity contribution in [3.05, 3.63) is 29.8 Å². The summed E-state index contributed by atoms with van der Waals surface area (Å²) in [5, 5.41) is 0. The van der Waals surface area contributed by atoms with E-state index in [0.717, 1.165) is 37.7 Å². The van der Waals surface area contributed by atoms with Gasteiger partial charge in [-0.2, -0.15) is 0 Å². The predicted molar refractivity (Wildman–Crippen MR) is 73.7 cm³/mol. The molecule has 1 nitrogen and oxygen atoms in total. The first-order chi connectivity index (χ1) is 8.90. The van der Waals surface area contributed by atoms with Gasteiger partial charge in [0.2, 0.25) is 0 Å². The molecule has 1 rings (SSSR count). The predicted octanol–water partition coefficient (Wildman–Crippen LogP) is 5.47. The quantitative estimate of drug-likeness (QED) is 0.599. The van der Waals surface area contributed by atoms with Crippen LogP contribution in [0, 0.1) is 0 Å². The van der Waals surface area contributed by atoms with Gasteiger partial charge in [-0.1, -0.05) is 41.4 Å². The molecule has 0 heterocycles. The molecule has 0 aliphatic rings. The zero-order chi connectivity index (χ0) is 14.3. The minimum Gasteiger partial charge on any atom is -0.406 e. The molecule has 1 aromatic rings. The number of halogens is 4. The van der Waals surface area contributed by atoms with Gasteiger partial charge in [-0.25, -0.2) is 0 Å². The third kappa shape index (κ3) is 7.45. The fourth-order valence-corrected chi connectivity index (χ4v) is 2.62. The second-order valence-corrected chi connectivity index (χ2v) is 5.76. The maximum atomic E-state index is 12.0. The Bertz CT molecular complexity index is 362. The monoisotopic (exact) mass is 338 g/mol. The number of aryl methyl sites for hydroxylation is 1. The standard InChI is InChI=1S/C14H18BrF3O/c1-2-4-12(15)6-3-5-11-7-9-13(10-8-11)19-14(16,17)18/h7-10,12H,2-6H2,1H3. The van der Waals surface area contributed by atoms with E-state index in [2.05, 4.69) is 27.6 Å². The minimum absolute atomic E-state index is 0.166. The van der Waals surface area contributed by atoms with Crippen molar-refractivity contribution < 1.29 is 17.9 Å². The Balaban J connectivity index is 2.36. The van der Waals surface area contributed by atoms with Crippen LogP contribution in [-0.4, -0.2) is 11.2 Å². The summed E-state index contributed by atoms with van der Waals surface area (Å²) in [4.78, 5) is 0.533. The number of hydrogen-bond donors (Lipinski definition) is 0. The van der Waals surface area contributed by atoms with Crippen LogP contribution in [-0.2, 0) is 6.42 Å². The first-order valence-corrected chi connectivity index (χ1v) is 7.31. The summed E-state index contributed by atoms with van der Waals surface area (Å²) in [6.07, 6.45) is 0.657. The molecule has 1 atom stereocenters. The smallest absolute Gasteiger partial charge is 0.406 e. The Morgan fingerprint density at radius 1 is 1.16 bits per heavy atom. The molecule has 0 aromatic heterocycles. The minimum atomic E-state index is -4.62. The van der Waals surface area contributed by atoms with Crippen molar-refractivity contribution >= 4 is 15.9 Å². The molecular weight excluding hydrogens is 321 g/mol. The van der Waals surface area contributed by atoms with E-state index >= 15 is 0 Å². The van der Waals surface area contributed by atoms with Crippen LogP contribution >= 0.6 is 15.9 Å². The van der Waals surface area contributed by atoms with Crippen LogP contribution < -0.4 is 4.74 Å². The topological polar surface area (TPSA) is 9.23 Å². The summed E-state index contributed by atoms with van der Waals surface area (Å²) < 4.78 is 39.8. The Morgan fingerprint density at radius 2 is 1.79 bits per heavy atom. The summed E-state index contributed by atoms with van der Waals surface area (Å²) in [6.45, 7) is 2.15. The molecule has 0 fully saturated rings. The van der Waals surface area contributed by atoms with E-state index in [-0.39, 0.29) is 5.75 Å². The molecule has 0 N–H and O–H groups in total. The molecule has 0 bridgehead atoms. The molecule has 0 aliphatic carbocycles. The molecule has 0 aliphatic heterocycles. The SMILES string of the molecule is CCCC(Br)CCCc1ccc(OC(F)(F)F)cc1. The second-order valence-electron chi connectivity index (χ2n) is 4.47. The molecule has 108 valence electrons. The molecule has 1 aromatic carbocycles. The summed E-state index contributed by atoms with van der Waals surface area (Å²) in [5.41, 5.74) is 1.03. The van der Waals surface area contributed by atoms with Crippen LogP contribution in [0.15, 0.2) is 24.3 Å². The summed E-state index contributed by atoms with van der Waals surface area (Å²) in [5.74, 6) is -0.166. The van der Waals surface area contributed by atoms with E-state index in [1.165, 1.54) is 12.1 Å². The Kier molecular flexibility index (Phi) is 6.69. The maximum absolute atomic E-state index is 12.0. The molecule has 0 radical (unpaired) electrons. The van der Waals surface area contributed by atoms with Gasteiger partial charge >= 0.3 is 6.36 Å². The van der Waals surface area contributed by atoms with E-state index in [1.807, 2.05) is 0 Å². The van der Waals surface area contributed by atoms with Gasteiger partial charge in [-0.3, -0.25) is 0 Å². The normalized spacial score (nSPS) is 13.3. The van der Waals surface area contributed by atoms with Crippen LogP contribution in [0.1, 0.15) is 38.2 Å². The molecule has 1 unspecified atom stereocenters. The fraction of sp³-hybridized carbons (Fsp3) is 0.571. The van der Waals surface area contributed by atoms with Crippen molar-refractivity contribution in [2.24, 2.45) is 0 Å². The van der Waals surface area contributed by atoms with E-state index in [0.29, 0.717) is 4.83 Å². The Labute approximate surface area is 120 Å². The zero-order valence-corrected chi connectivity index (χ0v) is 12.4. The van der Waals surface area contributed by atoms with Gasteiger partial charge in [0, 0.05) is 4.83 Å². The van der Waals surface area contributed by atoms with Crippen LogP contribution in [0.4, 0.5) is 13.2 Å². The van der Waals surface area contributed by atoms with E-state index < -0.39 is 6.36 Å². The van der Waals surface area contributed by atoms with Gasteiger partial charge in [-0.05, 0) is 43.4 Å². The molecular formula is C14H18BrF3O. The third-order valence-corrected chi connectivity index (χ3v) is 3.66. The van der Waals surface area contributed by atoms with Gasteiger partial charge in [0.15, 0.2) is 0 Å². The first-order valence-electron chi connectivity index (χ1n) is 6.39. The number of benzene rings is 1. The first kappa shape index (κ1) is 16.3. The molecule has 0 spiro atoms. The van der Waals surface area contributed by atoms with E-state index in [1.54, 1.807) is 12.1 Å². The number of hydrogen-bond acceptors (Lipinski definition) is 1. The maximum Gasteiger partial charge on any atom is 0.573 e. The average Bonchev–Trinajstić information content (AvgIpc) is 2.30. The van der Waals surface area contributed by atoms with Crippen molar-refractivity contribution in [3.63, 3.8) is 0 Å². The lowest BCUT2D eigenvalue weighted by atomic mass is 10.1. The van der Waals surface area contributed by atoms with Gasteiger partial charge in [-0.15, -0.1) is 13.2 Å². The lowest BCUT2D eigenvalue weighted by Gasteiger charge is -2.10. The van der Waals surface area contributed by atoms with Gasteiger partial charge in [0.1, 0.15) is 5.75 Å². The van der Waals surface area contributed by atoms with Crippen LogP contribution in [0.25, 0.3) is 0 Å². The van der Waals surface area contributed by atoms with Crippen molar-refractivity contribution in [3.8, 4) is 5.75 Å². The fourth-order valence-electron chi connectivity index (χ4n) is 1.84. The Hall–Kier alpha value is -0.710. The van der Waals surface area contributed by atoms with Crippen LogP contribution in [0.5, 0.6) is 5.75 Å². The molecule has 5 heteroatoms. The number of ether oxygens (including phenoxy) is 1. The highest BCUT2D eigenvalue weighted by molar-refractivity contribution is 9.09. The average molecular weight is 339 g/mol. The number of rotatable bonds is 7. The van der Waals surface area contributed by atoms with Crippen molar-refractivity contribution in [1.29, 1.82) is 0 Å². The largest absolute Gasteiger partial charge is 0.573 e. The molecule has 0 amide bonds. The summed E-state index contributed by atoms with van der Waals surface area (Å²) in [6, 6.07) is 6.09. The van der Waals surface area contributed by atoms with E-state index in [9.17, 15) is 13.2 Å². The van der Waals surface area contributed by atoms with Crippen molar-refractivity contribution in [2.75, 3.05) is 0 Å². The van der Waals surface area contributed by atoms with Crippen LogP contribution in [0.2, 0.25) is 0 Å². The van der Waals surface area contributed by atoms with Gasteiger partial charge < -0.3 is 4.74 Å². The molecule has 0 saturated heterocycles. The summed E-state index contributed by atoms with van der Waals surface area (Å²) in [7, 11) is 0. The van der Waals surface area contributed by atoms with Crippen molar-refractivity contribution in [1.82, 2.24) is 0 Å². The highest BCUT2D eigenvalue weighted by Gasteiger charge is 2.30. The lowest BCUT2D eigenvalue weighted by Crippen LogP contribution is -2.17. The molecule has 19 heavy (non-hydrogen) atoms. The van der Waals surface area contributed by atoms with Crippen molar-refractivity contribution in [2.45, 2.75) is 50.2 Å². The molecule has 0 saturated carbocycles. The highest BCUT2D eigenvalue weighted by Crippen LogP contribution is 2.23. The van der Waals surface area contributed by atoms with E-state index in [4.69, 9.17) is 0 Å². The van der Waals surface area contributed by atoms with Gasteiger partial charge in [0.25, 0.3) is 0 Å². The third-order valence-electron chi connectivity index (χ3n) is 2.74. The number of alkyl halides is 4. The van der Waals surface area contributed by atoms with Crippen LogP contribution in [0.3, 0.4) is 0 Å². The Morgan fingerprint density at radius 3 is 2.32 bits per heavy atom.